The van der Waals surface area contributed by atoms with Crippen molar-refractivity contribution in [3.63, 3.8) is 0 Å². The van der Waals surface area contributed by atoms with Gasteiger partial charge in [-0.05, 0) is 19.4 Å². The number of anilines is 1. The van der Waals surface area contributed by atoms with E-state index in [0.717, 1.165) is 15.5 Å². The minimum absolute atomic E-state index is 0.281. The van der Waals surface area contributed by atoms with Gasteiger partial charge in [0.15, 0.2) is 10.7 Å². The van der Waals surface area contributed by atoms with Gasteiger partial charge in [0.1, 0.15) is 0 Å². The molecule has 0 bridgehead atoms. The number of hydrogen-bond donors (Lipinski definition) is 1. The number of nitriles is 1. The summed E-state index contributed by atoms with van der Waals surface area (Å²) >= 11 is 2.78. The first-order chi connectivity index (χ1) is 11.0. The summed E-state index contributed by atoms with van der Waals surface area (Å²) in [6, 6.07) is 11.4. The number of rotatable bonds is 6. The Hall–Kier alpha value is -1.88. The van der Waals surface area contributed by atoms with E-state index in [9.17, 15) is 4.79 Å². The molecule has 5 nitrogen and oxygen atoms in total. The highest BCUT2D eigenvalue weighted by molar-refractivity contribution is 8.01. The van der Waals surface area contributed by atoms with Crippen LogP contribution >= 0.6 is 23.1 Å². The molecule has 0 spiro atoms. The molecule has 1 heterocycles. The second-order valence-corrected chi connectivity index (χ2v) is 7.14. The highest BCUT2D eigenvalue weighted by Crippen LogP contribution is 2.33. The Bertz CT molecular complexity index is 725. The van der Waals surface area contributed by atoms with Gasteiger partial charge in [-0.1, -0.05) is 53.4 Å². The number of nitrogens with one attached hydrogen (secondary N) is 1. The summed E-state index contributed by atoms with van der Waals surface area (Å²) in [6.45, 7) is 3.59. The lowest BCUT2D eigenvalue weighted by molar-refractivity contribution is -0.136. The smallest absolute Gasteiger partial charge is 0.262 e. The summed E-state index contributed by atoms with van der Waals surface area (Å²) in [5.74, 6) is 0.0766. The van der Waals surface area contributed by atoms with Crippen LogP contribution < -0.4 is 5.32 Å². The standard InChI is InChI=1S/C16H17N3O2S2/c1-11-13(22-10-9-17)23-15(18-11)19-14(20)16(2,21-3)12-7-5-4-6-8-12/h4-8H,10H2,1-3H3,(H,18,19,20)/t16-/m0/s1. The van der Waals surface area contributed by atoms with E-state index in [1.165, 1.54) is 30.2 Å². The number of thioether (sulfide) groups is 1. The molecule has 0 fully saturated rings. The molecule has 2 rings (SSSR count). The van der Waals surface area contributed by atoms with Gasteiger partial charge in [-0.2, -0.15) is 5.26 Å². The minimum atomic E-state index is -1.10. The van der Waals surface area contributed by atoms with Crippen LogP contribution in [0.5, 0.6) is 0 Å². The van der Waals surface area contributed by atoms with Crippen LogP contribution in [-0.2, 0) is 15.1 Å². The Kier molecular flexibility index (Phi) is 5.77. The average molecular weight is 347 g/mol. The monoisotopic (exact) mass is 347 g/mol. The van der Waals surface area contributed by atoms with Crippen LogP contribution in [0.15, 0.2) is 34.5 Å². The highest BCUT2D eigenvalue weighted by atomic mass is 32.2. The maximum Gasteiger partial charge on any atom is 0.262 e. The lowest BCUT2D eigenvalue weighted by Gasteiger charge is -2.26. The van der Waals surface area contributed by atoms with Gasteiger partial charge in [0.25, 0.3) is 5.91 Å². The second kappa shape index (κ2) is 7.59. The van der Waals surface area contributed by atoms with E-state index in [0.29, 0.717) is 10.9 Å². The van der Waals surface area contributed by atoms with Crippen molar-refractivity contribution < 1.29 is 9.53 Å². The Morgan fingerprint density at radius 1 is 1.48 bits per heavy atom. The molecule has 0 saturated carbocycles. The van der Waals surface area contributed by atoms with Gasteiger partial charge in [-0.3, -0.25) is 10.1 Å². The van der Waals surface area contributed by atoms with Crippen molar-refractivity contribution >= 4 is 34.1 Å². The van der Waals surface area contributed by atoms with Gasteiger partial charge in [0.2, 0.25) is 0 Å². The number of carbonyl (C=O) groups excluding carboxylic acids is 1. The lowest BCUT2D eigenvalue weighted by Crippen LogP contribution is -2.39. The van der Waals surface area contributed by atoms with Crippen molar-refractivity contribution in [3.05, 3.63) is 41.6 Å². The number of aromatic nitrogens is 1. The summed E-state index contributed by atoms with van der Waals surface area (Å²) in [4.78, 5) is 17.0. The summed E-state index contributed by atoms with van der Waals surface area (Å²) in [6.07, 6.45) is 0. The topological polar surface area (TPSA) is 75.0 Å². The molecular formula is C16H17N3O2S2. The average Bonchev–Trinajstić information content (AvgIpc) is 2.92. The maximum atomic E-state index is 12.7. The van der Waals surface area contributed by atoms with Gasteiger partial charge >= 0.3 is 0 Å². The molecule has 1 N–H and O–H groups in total. The van der Waals surface area contributed by atoms with Gasteiger partial charge < -0.3 is 4.74 Å². The molecule has 0 aliphatic heterocycles. The summed E-state index contributed by atoms with van der Waals surface area (Å²) in [5.41, 5.74) is 0.484. The zero-order valence-electron chi connectivity index (χ0n) is 13.1. The van der Waals surface area contributed by atoms with Crippen molar-refractivity contribution in [2.75, 3.05) is 18.2 Å². The number of hydrogen-bond acceptors (Lipinski definition) is 6. The Morgan fingerprint density at radius 2 is 2.17 bits per heavy atom. The number of carbonyl (C=O) groups is 1. The summed E-state index contributed by atoms with van der Waals surface area (Å²) in [7, 11) is 1.51. The Morgan fingerprint density at radius 3 is 2.78 bits per heavy atom. The number of nitrogens with zero attached hydrogens (tertiary/aromatic N) is 2. The third-order valence-corrected chi connectivity index (χ3v) is 5.71. The lowest BCUT2D eigenvalue weighted by atomic mass is 9.95. The first-order valence-corrected chi connectivity index (χ1v) is 8.70. The summed E-state index contributed by atoms with van der Waals surface area (Å²) < 4.78 is 6.41. The molecule has 1 aromatic heterocycles. The van der Waals surface area contributed by atoms with Crippen molar-refractivity contribution in [2.24, 2.45) is 0 Å². The number of methoxy groups -OCH3 is 1. The number of benzene rings is 1. The SMILES string of the molecule is CO[C@](C)(C(=O)Nc1nc(C)c(SCC#N)s1)c1ccccc1. The van der Waals surface area contributed by atoms with Crippen LogP contribution in [0, 0.1) is 18.3 Å². The third kappa shape index (κ3) is 3.91. The van der Waals surface area contributed by atoms with E-state index in [2.05, 4.69) is 16.4 Å². The minimum Gasteiger partial charge on any atom is -0.364 e. The van der Waals surface area contributed by atoms with Crippen LogP contribution in [0.2, 0.25) is 0 Å². The van der Waals surface area contributed by atoms with Crippen molar-refractivity contribution in [3.8, 4) is 6.07 Å². The van der Waals surface area contributed by atoms with Gasteiger partial charge in [0, 0.05) is 7.11 Å². The Labute approximate surface area is 143 Å². The molecule has 0 saturated heterocycles. The van der Waals surface area contributed by atoms with Crippen LogP contribution in [-0.4, -0.2) is 23.8 Å². The highest BCUT2D eigenvalue weighted by Gasteiger charge is 2.35. The second-order valence-electron chi connectivity index (χ2n) is 4.90. The molecule has 1 aromatic carbocycles. The fourth-order valence-corrected chi connectivity index (χ4v) is 3.78. The predicted molar refractivity (Wildman–Crippen MR) is 92.6 cm³/mol. The van der Waals surface area contributed by atoms with Crippen LogP contribution in [0.25, 0.3) is 0 Å². The maximum absolute atomic E-state index is 12.7. The first-order valence-electron chi connectivity index (χ1n) is 6.90. The number of ether oxygens (including phenoxy) is 1. The van der Waals surface area contributed by atoms with Crippen LogP contribution in [0.4, 0.5) is 5.13 Å². The molecule has 23 heavy (non-hydrogen) atoms. The van der Waals surface area contributed by atoms with E-state index in [-0.39, 0.29) is 5.91 Å². The number of aryl methyl sites for hydroxylation is 1. The van der Waals surface area contributed by atoms with Crippen LogP contribution in [0.3, 0.4) is 0 Å². The number of thiazole rings is 1. The molecular weight excluding hydrogens is 330 g/mol. The van der Waals surface area contributed by atoms with Crippen LogP contribution in [0.1, 0.15) is 18.2 Å². The Balaban J connectivity index is 2.19. The van der Waals surface area contributed by atoms with Crippen molar-refractivity contribution in [2.45, 2.75) is 23.7 Å². The normalized spacial score (nSPS) is 13.1. The fourth-order valence-electron chi connectivity index (χ4n) is 1.98. The van der Waals surface area contributed by atoms with E-state index < -0.39 is 5.60 Å². The third-order valence-electron chi connectivity index (χ3n) is 3.41. The van der Waals surface area contributed by atoms with Gasteiger partial charge in [-0.15, -0.1) is 0 Å². The molecule has 0 radical (unpaired) electrons. The molecule has 0 aliphatic rings. The molecule has 7 heteroatoms. The first kappa shape index (κ1) is 17.5. The predicted octanol–water partition coefficient (Wildman–Crippen LogP) is 3.57. The van der Waals surface area contributed by atoms with Crippen molar-refractivity contribution in [1.82, 2.24) is 4.98 Å². The quantitative estimate of drug-likeness (QED) is 0.809. The molecule has 120 valence electrons. The molecule has 1 atom stereocenters. The molecule has 2 aromatic rings. The molecule has 0 unspecified atom stereocenters. The van der Waals surface area contributed by atoms with Gasteiger partial charge in [0.05, 0.1) is 21.7 Å². The zero-order chi connectivity index (χ0) is 16.9. The largest absolute Gasteiger partial charge is 0.364 e. The fraction of sp³-hybridized carbons (Fsp3) is 0.312. The van der Waals surface area contributed by atoms with E-state index in [4.69, 9.17) is 10.00 Å². The van der Waals surface area contributed by atoms with E-state index in [1.54, 1.807) is 6.92 Å². The van der Waals surface area contributed by atoms with Gasteiger partial charge in [-0.25, -0.2) is 4.98 Å². The van der Waals surface area contributed by atoms with E-state index in [1.807, 2.05) is 37.3 Å². The zero-order valence-corrected chi connectivity index (χ0v) is 14.8. The summed E-state index contributed by atoms with van der Waals surface area (Å²) in [5, 5.41) is 12.0. The number of amides is 1. The van der Waals surface area contributed by atoms with E-state index >= 15 is 0 Å². The molecule has 1 amide bonds. The van der Waals surface area contributed by atoms with Crippen molar-refractivity contribution in [1.29, 1.82) is 5.26 Å². The molecule has 0 aliphatic carbocycles.